The lowest BCUT2D eigenvalue weighted by Crippen LogP contribution is -2.35. The maximum absolute atomic E-state index is 11.9. The normalized spacial score (nSPS) is 14.6. The summed E-state index contributed by atoms with van der Waals surface area (Å²) in [7, 11) is 1.30. The second-order valence-corrected chi connectivity index (χ2v) is 3.62. The topological polar surface area (TPSA) is 55.8 Å². The Kier molecular flexibility index (Phi) is 3.27. The molecule has 5 nitrogen and oxygen atoms in total. The van der Waals surface area contributed by atoms with Gasteiger partial charge in [-0.15, -0.1) is 0 Å². The molecular formula is C12H13NO4. The molecule has 90 valence electrons. The van der Waals surface area contributed by atoms with E-state index in [-0.39, 0.29) is 18.9 Å². The van der Waals surface area contributed by atoms with Gasteiger partial charge in [0.1, 0.15) is 12.3 Å². The molecule has 0 atom stereocenters. The Morgan fingerprint density at radius 1 is 1.47 bits per heavy atom. The number of carbonyl (C=O) groups is 2. The fraction of sp³-hybridized carbons (Fsp3) is 0.333. The number of para-hydroxylation sites is 2. The first-order chi connectivity index (χ1) is 8.22. The molecule has 1 aliphatic heterocycles. The highest BCUT2D eigenvalue weighted by Gasteiger charge is 2.25. The van der Waals surface area contributed by atoms with E-state index in [1.165, 1.54) is 12.0 Å². The van der Waals surface area contributed by atoms with Crippen LogP contribution in [0.25, 0.3) is 0 Å². The van der Waals surface area contributed by atoms with E-state index in [2.05, 4.69) is 4.74 Å². The predicted octanol–water partition coefficient (Wildman–Crippen LogP) is 0.975. The molecule has 5 heteroatoms. The van der Waals surface area contributed by atoms with Crippen LogP contribution in [0.15, 0.2) is 24.3 Å². The number of anilines is 1. The lowest BCUT2D eigenvalue weighted by Gasteiger charge is -2.20. The number of carbonyl (C=O) groups excluding carboxylic acids is 2. The van der Waals surface area contributed by atoms with Crippen LogP contribution in [-0.4, -0.2) is 32.1 Å². The Labute approximate surface area is 98.9 Å². The summed E-state index contributed by atoms with van der Waals surface area (Å²) in [5, 5.41) is 0. The Hall–Kier alpha value is -2.04. The fourth-order valence-corrected chi connectivity index (χ4v) is 1.69. The van der Waals surface area contributed by atoms with Crippen LogP contribution in [0.3, 0.4) is 0 Å². The average molecular weight is 235 g/mol. The van der Waals surface area contributed by atoms with Crippen molar-refractivity contribution in [2.45, 2.75) is 6.42 Å². The highest BCUT2D eigenvalue weighted by molar-refractivity contribution is 5.99. The Morgan fingerprint density at radius 2 is 2.24 bits per heavy atom. The zero-order valence-electron chi connectivity index (χ0n) is 9.51. The van der Waals surface area contributed by atoms with Gasteiger partial charge in [0.2, 0.25) is 5.91 Å². The molecule has 0 aliphatic carbocycles. The van der Waals surface area contributed by atoms with Crippen molar-refractivity contribution in [3.05, 3.63) is 24.3 Å². The second kappa shape index (κ2) is 4.86. The molecule has 17 heavy (non-hydrogen) atoms. The summed E-state index contributed by atoms with van der Waals surface area (Å²) in [6.07, 6.45) is 0.256. The first-order valence-corrected chi connectivity index (χ1v) is 5.31. The van der Waals surface area contributed by atoms with E-state index < -0.39 is 5.97 Å². The van der Waals surface area contributed by atoms with Crippen LogP contribution in [0.2, 0.25) is 0 Å². The van der Waals surface area contributed by atoms with Gasteiger partial charge in [0, 0.05) is 0 Å². The summed E-state index contributed by atoms with van der Waals surface area (Å²) in [4.78, 5) is 24.6. The van der Waals surface area contributed by atoms with Gasteiger partial charge >= 0.3 is 5.97 Å². The molecule has 0 aromatic heterocycles. The van der Waals surface area contributed by atoms with E-state index >= 15 is 0 Å². The molecule has 0 spiro atoms. The number of rotatable bonds is 2. The zero-order chi connectivity index (χ0) is 12.3. The molecule has 0 unspecified atom stereocenters. The molecule has 0 saturated heterocycles. The third-order valence-corrected chi connectivity index (χ3v) is 2.55. The SMILES string of the molecule is COC(=O)CN1C(=O)CCOc2ccccc21. The number of esters is 1. The first-order valence-electron chi connectivity index (χ1n) is 5.31. The zero-order valence-corrected chi connectivity index (χ0v) is 9.51. The van der Waals surface area contributed by atoms with Gasteiger partial charge in [-0.05, 0) is 12.1 Å². The van der Waals surface area contributed by atoms with Crippen LogP contribution in [0.1, 0.15) is 6.42 Å². The van der Waals surface area contributed by atoms with Crippen molar-refractivity contribution in [3.8, 4) is 5.75 Å². The summed E-state index contributed by atoms with van der Waals surface area (Å²) in [5.41, 5.74) is 0.611. The summed E-state index contributed by atoms with van der Waals surface area (Å²) in [6.45, 7) is 0.239. The standard InChI is InChI=1S/C12H13NO4/c1-16-12(15)8-13-9-4-2-3-5-10(9)17-7-6-11(13)14/h2-5H,6-8H2,1H3. The minimum Gasteiger partial charge on any atom is -0.491 e. The van der Waals surface area contributed by atoms with Crippen LogP contribution < -0.4 is 9.64 Å². The van der Waals surface area contributed by atoms with Crippen molar-refractivity contribution in [2.24, 2.45) is 0 Å². The number of benzene rings is 1. The molecule has 1 aromatic carbocycles. The molecule has 1 amide bonds. The minimum atomic E-state index is -0.449. The van der Waals surface area contributed by atoms with Crippen molar-refractivity contribution in [2.75, 3.05) is 25.2 Å². The largest absolute Gasteiger partial charge is 0.491 e. The van der Waals surface area contributed by atoms with Crippen LogP contribution in [0.5, 0.6) is 5.75 Å². The fourth-order valence-electron chi connectivity index (χ4n) is 1.69. The lowest BCUT2D eigenvalue weighted by atomic mass is 10.2. The maximum atomic E-state index is 11.9. The molecule has 0 fully saturated rings. The monoisotopic (exact) mass is 235 g/mol. The first kappa shape index (κ1) is 11.4. The molecule has 0 bridgehead atoms. The van der Waals surface area contributed by atoms with Gasteiger partial charge in [0.15, 0.2) is 0 Å². The molecule has 2 rings (SSSR count). The summed E-state index contributed by atoms with van der Waals surface area (Å²) >= 11 is 0. The van der Waals surface area contributed by atoms with E-state index in [0.717, 1.165) is 0 Å². The van der Waals surface area contributed by atoms with Crippen LogP contribution in [0.4, 0.5) is 5.69 Å². The van der Waals surface area contributed by atoms with E-state index in [1.54, 1.807) is 18.2 Å². The number of hydrogen-bond acceptors (Lipinski definition) is 4. The smallest absolute Gasteiger partial charge is 0.325 e. The third-order valence-electron chi connectivity index (χ3n) is 2.55. The van der Waals surface area contributed by atoms with Crippen LogP contribution in [0, 0.1) is 0 Å². The van der Waals surface area contributed by atoms with E-state index in [9.17, 15) is 9.59 Å². The van der Waals surface area contributed by atoms with Crippen molar-refractivity contribution in [3.63, 3.8) is 0 Å². The molecule has 0 radical (unpaired) electrons. The number of methoxy groups -OCH3 is 1. The number of ether oxygens (including phenoxy) is 2. The molecule has 1 aromatic rings. The van der Waals surface area contributed by atoms with E-state index in [1.807, 2.05) is 6.07 Å². The highest BCUT2D eigenvalue weighted by atomic mass is 16.5. The van der Waals surface area contributed by atoms with Crippen molar-refractivity contribution in [1.82, 2.24) is 0 Å². The Morgan fingerprint density at radius 3 is 3.00 bits per heavy atom. The average Bonchev–Trinajstić information content (AvgIpc) is 2.50. The van der Waals surface area contributed by atoms with Crippen molar-refractivity contribution < 1.29 is 19.1 Å². The van der Waals surface area contributed by atoms with E-state index in [4.69, 9.17) is 4.74 Å². The lowest BCUT2D eigenvalue weighted by molar-refractivity contribution is -0.140. The molecular weight excluding hydrogens is 222 g/mol. The van der Waals surface area contributed by atoms with Gasteiger partial charge in [-0.25, -0.2) is 0 Å². The van der Waals surface area contributed by atoms with Crippen molar-refractivity contribution in [1.29, 1.82) is 0 Å². The van der Waals surface area contributed by atoms with Gasteiger partial charge < -0.3 is 9.47 Å². The van der Waals surface area contributed by atoms with Crippen molar-refractivity contribution >= 4 is 17.6 Å². The van der Waals surface area contributed by atoms with Crippen LogP contribution >= 0.6 is 0 Å². The maximum Gasteiger partial charge on any atom is 0.325 e. The van der Waals surface area contributed by atoms with Gasteiger partial charge in [-0.2, -0.15) is 0 Å². The quantitative estimate of drug-likeness (QED) is 0.717. The number of nitrogens with zero attached hydrogens (tertiary/aromatic N) is 1. The van der Waals surface area contributed by atoms with Gasteiger partial charge in [0.25, 0.3) is 0 Å². The minimum absolute atomic E-state index is 0.0876. The number of fused-ring (bicyclic) bond motifs is 1. The predicted molar refractivity (Wildman–Crippen MR) is 60.9 cm³/mol. The number of amides is 1. The summed E-state index contributed by atoms with van der Waals surface area (Å²) < 4.78 is 10.0. The Balaban J connectivity index is 2.33. The summed E-state index contributed by atoms with van der Waals surface area (Å²) in [5.74, 6) is 0.0256. The van der Waals surface area contributed by atoms with E-state index in [0.29, 0.717) is 18.0 Å². The highest BCUT2D eigenvalue weighted by Crippen LogP contribution is 2.30. The third kappa shape index (κ3) is 2.38. The molecule has 0 saturated carbocycles. The second-order valence-electron chi connectivity index (χ2n) is 3.62. The van der Waals surface area contributed by atoms with Gasteiger partial charge in [0.05, 0.1) is 25.8 Å². The van der Waals surface area contributed by atoms with Gasteiger partial charge in [-0.1, -0.05) is 12.1 Å². The molecule has 1 heterocycles. The Bertz CT molecular complexity index is 444. The number of hydrogen-bond donors (Lipinski definition) is 0. The summed E-state index contributed by atoms with van der Waals surface area (Å²) in [6, 6.07) is 7.15. The molecule has 1 aliphatic rings. The van der Waals surface area contributed by atoms with Gasteiger partial charge in [-0.3, -0.25) is 14.5 Å². The molecule has 0 N–H and O–H groups in total. The van der Waals surface area contributed by atoms with Crippen LogP contribution in [-0.2, 0) is 14.3 Å².